The molecule has 0 aromatic heterocycles. The molecule has 2 aromatic carbocycles. The molecule has 1 aliphatic heterocycles. The number of carbonyl (C=O) groups is 1. The van der Waals surface area contributed by atoms with E-state index >= 15 is 0 Å². The van der Waals surface area contributed by atoms with Gasteiger partial charge in [-0.15, -0.1) is 0 Å². The van der Waals surface area contributed by atoms with Gasteiger partial charge in [0.25, 0.3) is 5.91 Å². The fourth-order valence-electron chi connectivity index (χ4n) is 3.91. The lowest BCUT2D eigenvalue weighted by atomic mass is 9.95. The summed E-state index contributed by atoms with van der Waals surface area (Å²) in [5.41, 5.74) is 1.70. The summed E-state index contributed by atoms with van der Waals surface area (Å²) in [5, 5.41) is 12.5. The van der Waals surface area contributed by atoms with Gasteiger partial charge in [-0.1, -0.05) is 31.4 Å². The molecule has 1 fully saturated rings. The Bertz CT molecular complexity index is 1050. The van der Waals surface area contributed by atoms with Gasteiger partial charge in [-0.2, -0.15) is 5.26 Å². The maximum atomic E-state index is 12.5. The number of ether oxygens (including phenoxy) is 4. The normalized spacial score (nSPS) is 15.7. The zero-order chi connectivity index (χ0) is 22.3. The van der Waals surface area contributed by atoms with Crippen LogP contribution in [0.25, 0.3) is 6.08 Å². The maximum Gasteiger partial charge on any atom is 0.262 e. The number of fused-ring (bicyclic) bond motifs is 1. The summed E-state index contributed by atoms with van der Waals surface area (Å²) >= 11 is 0. The average molecular weight is 434 g/mol. The first-order chi connectivity index (χ1) is 15.7. The first kappa shape index (κ1) is 21.6. The Morgan fingerprint density at radius 2 is 1.94 bits per heavy atom. The van der Waals surface area contributed by atoms with E-state index in [0.29, 0.717) is 29.4 Å². The number of amides is 1. The van der Waals surface area contributed by atoms with Gasteiger partial charge >= 0.3 is 0 Å². The first-order valence-electron chi connectivity index (χ1n) is 10.8. The van der Waals surface area contributed by atoms with Crippen molar-refractivity contribution in [2.45, 2.75) is 44.8 Å². The third-order valence-electron chi connectivity index (χ3n) is 5.64. The van der Waals surface area contributed by atoms with Crippen LogP contribution < -0.4 is 24.3 Å². The standard InChI is InChI=1S/C25H26N2O5/c1-29-23-12-17(11-19(14-26)25(28)27-20-5-3-2-4-6-20)7-9-21(23)30-15-18-8-10-22-24(13-18)32-16-31-22/h7-13,20H,2-6,15-16H2,1H3,(H,27,28)/b19-11+. The molecule has 0 saturated heterocycles. The van der Waals surface area contributed by atoms with Crippen LogP contribution in [0.1, 0.15) is 43.2 Å². The number of nitrogens with one attached hydrogen (secondary N) is 1. The molecule has 1 N–H and O–H groups in total. The molecule has 1 aliphatic carbocycles. The molecule has 2 aromatic rings. The largest absolute Gasteiger partial charge is 0.493 e. The third-order valence-corrected chi connectivity index (χ3v) is 5.64. The smallest absolute Gasteiger partial charge is 0.262 e. The highest BCUT2D eigenvalue weighted by Crippen LogP contribution is 2.34. The van der Waals surface area contributed by atoms with Crippen molar-refractivity contribution < 1.29 is 23.7 Å². The Morgan fingerprint density at radius 3 is 2.72 bits per heavy atom. The van der Waals surface area contributed by atoms with Gasteiger partial charge in [0.05, 0.1) is 7.11 Å². The number of nitriles is 1. The molecule has 7 nitrogen and oxygen atoms in total. The van der Waals surface area contributed by atoms with E-state index in [9.17, 15) is 10.1 Å². The van der Waals surface area contributed by atoms with Gasteiger partial charge in [0.1, 0.15) is 18.2 Å². The minimum Gasteiger partial charge on any atom is -0.493 e. The van der Waals surface area contributed by atoms with Crippen molar-refractivity contribution >= 4 is 12.0 Å². The monoisotopic (exact) mass is 434 g/mol. The lowest BCUT2D eigenvalue weighted by Gasteiger charge is -2.22. The van der Waals surface area contributed by atoms with Crippen molar-refractivity contribution in [1.29, 1.82) is 5.26 Å². The zero-order valence-electron chi connectivity index (χ0n) is 18.1. The second-order valence-corrected chi connectivity index (χ2v) is 7.86. The fourth-order valence-corrected chi connectivity index (χ4v) is 3.91. The van der Waals surface area contributed by atoms with Gasteiger partial charge in [0, 0.05) is 6.04 Å². The molecule has 0 bridgehead atoms. The lowest BCUT2D eigenvalue weighted by molar-refractivity contribution is -0.117. The number of benzene rings is 2. The Morgan fingerprint density at radius 1 is 1.12 bits per heavy atom. The molecule has 1 saturated carbocycles. The second kappa shape index (κ2) is 10.1. The Labute approximate surface area is 187 Å². The molecule has 0 unspecified atom stereocenters. The van der Waals surface area contributed by atoms with Crippen molar-refractivity contribution in [2.75, 3.05) is 13.9 Å². The number of rotatable bonds is 7. The highest BCUT2D eigenvalue weighted by Gasteiger charge is 2.18. The molecule has 2 aliphatic rings. The molecule has 1 amide bonds. The number of hydrogen-bond donors (Lipinski definition) is 1. The molecular formula is C25H26N2O5. The molecule has 0 spiro atoms. The van der Waals surface area contributed by atoms with Crippen molar-refractivity contribution in [3.05, 3.63) is 53.1 Å². The molecule has 1 heterocycles. The minimum atomic E-state index is -0.332. The van der Waals surface area contributed by atoms with Crippen LogP contribution in [0.15, 0.2) is 42.0 Å². The van der Waals surface area contributed by atoms with Gasteiger partial charge in [-0.3, -0.25) is 4.79 Å². The van der Waals surface area contributed by atoms with Crippen molar-refractivity contribution in [3.63, 3.8) is 0 Å². The van der Waals surface area contributed by atoms with Crippen LogP contribution in [-0.2, 0) is 11.4 Å². The predicted molar refractivity (Wildman–Crippen MR) is 118 cm³/mol. The molecule has 0 atom stereocenters. The quantitative estimate of drug-likeness (QED) is 0.514. The average Bonchev–Trinajstić information content (AvgIpc) is 3.30. The summed E-state index contributed by atoms with van der Waals surface area (Å²) in [5.74, 6) is 2.18. The summed E-state index contributed by atoms with van der Waals surface area (Å²) in [6.45, 7) is 0.557. The van der Waals surface area contributed by atoms with Gasteiger partial charge in [0.15, 0.2) is 23.0 Å². The molecule has 32 heavy (non-hydrogen) atoms. The van der Waals surface area contributed by atoms with E-state index in [0.717, 1.165) is 37.0 Å². The Kier molecular flexibility index (Phi) is 6.81. The zero-order valence-corrected chi connectivity index (χ0v) is 18.1. The van der Waals surface area contributed by atoms with Gasteiger partial charge in [-0.25, -0.2) is 0 Å². The highest BCUT2D eigenvalue weighted by molar-refractivity contribution is 6.01. The number of carbonyl (C=O) groups excluding carboxylic acids is 1. The molecule has 166 valence electrons. The van der Waals surface area contributed by atoms with Crippen LogP contribution in [0.4, 0.5) is 0 Å². The van der Waals surface area contributed by atoms with Crippen molar-refractivity contribution in [2.24, 2.45) is 0 Å². The fraction of sp³-hybridized carbons (Fsp3) is 0.360. The van der Waals surface area contributed by atoms with E-state index in [4.69, 9.17) is 18.9 Å². The van der Waals surface area contributed by atoms with Gasteiger partial charge in [-0.05, 0) is 54.3 Å². The lowest BCUT2D eigenvalue weighted by Crippen LogP contribution is -2.36. The van der Waals surface area contributed by atoms with E-state index < -0.39 is 0 Å². The SMILES string of the molecule is COc1cc(/C=C(\C#N)C(=O)NC2CCCCC2)ccc1OCc1ccc2c(c1)OCO2. The van der Waals surface area contributed by atoms with Crippen LogP contribution >= 0.6 is 0 Å². The minimum absolute atomic E-state index is 0.0756. The highest BCUT2D eigenvalue weighted by atomic mass is 16.7. The van der Waals surface area contributed by atoms with Crippen LogP contribution in [0, 0.1) is 11.3 Å². The first-order valence-corrected chi connectivity index (χ1v) is 10.8. The third kappa shape index (κ3) is 5.14. The van der Waals surface area contributed by atoms with Gasteiger partial charge < -0.3 is 24.3 Å². The molecule has 7 heteroatoms. The Hall–Kier alpha value is -3.66. The van der Waals surface area contributed by atoms with Crippen LogP contribution in [0.3, 0.4) is 0 Å². The summed E-state index contributed by atoms with van der Waals surface area (Å²) < 4.78 is 22.1. The molecular weight excluding hydrogens is 408 g/mol. The summed E-state index contributed by atoms with van der Waals surface area (Å²) in [6.07, 6.45) is 6.93. The summed E-state index contributed by atoms with van der Waals surface area (Å²) in [6, 6.07) is 13.1. The van der Waals surface area contributed by atoms with Crippen LogP contribution in [0.2, 0.25) is 0 Å². The Balaban J connectivity index is 1.43. The number of hydrogen-bond acceptors (Lipinski definition) is 6. The topological polar surface area (TPSA) is 89.8 Å². The number of nitrogens with zero attached hydrogens (tertiary/aromatic N) is 1. The summed E-state index contributed by atoms with van der Waals surface area (Å²) in [7, 11) is 1.55. The van der Waals surface area contributed by atoms with E-state index in [1.54, 1.807) is 31.4 Å². The van der Waals surface area contributed by atoms with Crippen molar-refractivity contribution in [3.8, 4) is 29.1 Å². The van der Waals surface area contributed by atoms with E-state index in [2.05, 4.69) is 5.32 Å². The molecule has 4 rings (SSSR count). The van der Waals surface area contributed by atoms with Crippen molar-refractivity contribution in [1.82, 2.24) is 5.32 Å². The van der Waals surface area contributed by atoms with E-state index in [1.807, 2.05) is 24.3 Å². The van der Waals surface area contributed by atoms with E-state index in [1.165, 1.54) is 6.42 Å². The van der Waals surface area contributed by atoms with E-state index in [-0.39, 0.29) is 24.3 Å². The van der Waals surface area contributed by atoms with Crippen LogP contribution in [0.5, 0.6) is 23.0 Å². The summed E-state index contributed by atoms with van der Waals surface area (Å²) in [4.78, 5) is 12.5. The maximum absolute atomic E-state index is 12.5. The molecule has 0 radical (unpaired) electrons. The van der Waals surface area contributed by atoms with Crippen LogP contribution in [-0.4, -0.2) is 25.9 Å². The second-order valence-electron chi connectivity index (χ2n) is 7.86. The van der Waals surface area contributed by atoms with Gasteiger partial charge in [0.2, 0.25) is 6.79 Å². The number of methoxy groups -OCH3 is 1. The predicted octanol–water partition coefficient (Wildman–Crippen LogP) is 4.36.